The standard InChI is InChI=1S/C9H12BrNO3/c1-2-6(5-12)11-9(13)7-3-4-8(10)14-7/h3-4,6,12H,2,5H2,1H3,(H,11,13)/t6-/m0/s1. The highest BCUT2D eigenvalue weighted by Crippen LogP contribution is 2.13. The molecule has 1 aromatic rings. The van der Waals surface area contributed by atoms with Gasteiger partial charge in [-0.15, -0.1) is 0 Å². The molecule has 14 heavy (non-hydrogen) atoms. The summed E-state index contributed by atoms with van der Waals surface area (Å²) in [7, 11) is 0. The maximum Gasteiger partial charge on any atom is 0.287 e. The number of nitrogens with one attached hydrogen (secondary N) is 1. The number of furan rings is 1. The maximum atomic E-state index is 11.4. The number of amides is 1. The minimum atomic E-state index is -0.309. The lowest BCUT2D eigenvalue weighted by atomic mass is 10.2. The molecule has 0 saturated carbocycles. The molecule has 0 aromatic carbocycles. The molecule has 4 nitrogen and oxygen atoms in total. The number of carbonyl (C=O) groups excluding carboxylic acids is 1. The Bertz CT molecular complexity index is 307. The van der Waals surface area contributed by atoms with E-state index >= 15 is 0 Å². The van der Waals surface area contributed by atoms with E-state index < -0.39 is 0 Å². The van der Waals surface area contributed by atoms with Gasteiger partial charge in [0.25, 0.3) is 5.91 Å². The van der Waals surface area contributed by atoms with E-state index in [0.29, 0.717) is 11.1 Å². The zero-order valence-electron chi connectivity index (χ0n) is 7.79. The third-order valence-corrected chi connectivity index (χ3v) is 2.27. The fraction of sp³-hybridized carbons (Fsp3) is 0.444. The molecule has 0 aliphatic carbocycles. The van der Waals surface area contributed by atoms with Crippen molar-refractivity contribution in [2.45, 2.75) is 19.4 Å². The first-order valence-corrected chi connectivity index (χ1v) is 5.13. The summed E-state index contributed by atoms with van der Waals surface area (Å²) in [6.45, 7) is 1.82. The molecule has 1 heterocycles. The highest BCUT2D eigenvalue weighted by Gasteiger charge is 2.14. The average Bonchev–Trinajstić information content (AvgIpc) is 2.61. The van der Waals surface area contributed by atoms with E-state index in [9.17, 15) is 4.79 Å². The van der Waals surface area contributed by atoms with Crippen LogP contribution in [0.4, 0.5) is 0 Å². The molecule has 2 N–H and O–H groups in total. The van der Waals surface area contributed by atoms with Crippen molar-refractivity contribution in [3.8, 4) is 0 Å². The highest BCUT2D eigenvalue weighted by molar-refractivity contribution is 9.10. The van der Waals surface area contributed by atoms with Crippen LogP contribution in [0.5, 0.6) is 0 Å². The Kier molecular flexibility index (Phi) is 4.16. The topological polar surface area (TPSA) is 62.5 Å². The molecule has 0 saturated heterocycles. The van der Waals surface area contributed by atoms with Crippen molar-refractivity contribution < 1.29 is 14.3 Å². The maximum absolute atomic E-state index is 11.4. The van der Waals surface area contributed by atoms with Crippen LogP contribution in [-0.2, 0) is 0 Å². The Balaban J connectivity index is 2.58. The van der Waals surface area contributed by atoms with Gasteiger partial charge in [-0.1, -0.05) is 6.92 Å². The number of aliphatic hydroxyl groups excluding tert-OH is 1. The van der Waals surface area contributed by atoms with Crippen molar-refractivity contribution >= 4 is 21.8 Å². The molecule has 0 aliphatic heterocycles. The van der Waals surface area contributed by atoms with Crippen molar-refractivity contribution in [3.63, 3.8) is 0 Å². The van der Waals surface area contributed by atoms with Crippen molar-refractivity contribution in [1.82, 2.24) is 5.32 Å². The van der Waals surface area contributed by atoms with Gasteiger partial charge < -0.3 is 14.8 Å². The fourth-order valence-corrected chi connectivity index (χ4v) is 1.28. The van der Waals surface area contributed by atoms with Crippen molar-refractivity contribution in [2.75, 3.05) is 6.61 Å². The van der Waals surface area contributed by atoms with Gasteiger partial charge in [0, 0.05) is 0 Å². The normalized spacial score (nSPS) is 12.5. The molecule has 0 unspecified atom stereocenters. The summed E-state index contributed by atoms with van der Waals surface area (Å²) in [5.41, 5.74) is 0. The molecule has 1 atom stereocenters. The van der Waals surface area contributed by atoms with Crippen molar-refractivity contribution in [3.05, 3.63) is 22.6 Å². The quantitative estimate of drug-likeness (QED) is 0.865. The van der Waals surface area contributed by atoms with Crippen LogP contribution in [0.25, 0.3) is 0 Å². The van der Waals surface area contributed by atoms with Crippen LogP contribution in [0.2, 0.25) is 0 Å². The molecule has 0 fully saturated rings. The first-order valence-electron chi connectivity index (χ1n) is 4.34. The third kappa shape index (κ3) is 2.85. The summed E-state index contributed by atoms with van der Waals surface area (Å²) in [5.74, 6) is -0.0691. The predicted molar refractivity (Wildman–Crippen MR) is 55.0 cm³/mol. The van der Waals surface area contributed by atoms with Gasteiger partial charge in [-0.2, -0.15) is 0 Å². The summed E-state index contributed by atoms with van der Waals surface area (Å²) in [4.78, 5) is 11.4. The van der Waals surface area contributed by atoms with E-state index in [1.165, 1.54) is 0 Å². The van der Waals surface area contributed by atoms with E-state index in [1.807, 2.05) is 6.92 Å². The Morgan fingerprint density at radius 2 is 2.43 bits per heavy atom. The Labute approximate surface area is 90.4 Å². The number of hydrogen-bond acceptors (Lipinski definition) is 3. The first kappa shape index (κ1) is 11.3. The van der Waals surface area contributed by atoms with Crippen molar-refractivity contribution in [2.24, 2.45) is 0 Å². The molecule has 0 spiro atoms. The molecule has 0 radical (unpaired) electrons. The minimum absolute atomic E-state index is 0.0654. The molecule has 78 valence electrons. The lowest BCUT2D eigenvalue weighted by molar-refractivity contribution is 0.0885. The fourth-order valence-electron chi connectivity index (χ4n) is 0.970. The second-order valence-corrected chi connectivity index (χ2v) is 3.65. The molecular formula is C9H12BrNO3. The lowest BCUT2D eigenvalue weighted by Gasteiger charge is -2.12. The van der Waals surface area contributed by atoms with E-state index in [4.69, 9.17) is 9.52 Å². The zero-order valence-corrected chi connectivity index (χ0v) is 9.37. The summed E-state index contributed by atoms with van der Waals surface area (Å²) < 4.78 is 5.57. The number of rotatable bonds is 4. The summed E-state index contributed by atoms with van der Waals surface area (Å²) >= 11 is 3.10. The Hall–Kier alpha value is -0.810. The number of aliphatic hydroxyl groups is 1. The summed E-state index contributed by atoms with van der Waals surface area (Å²) in [6, 6.07) is 3.00. The molecule has 1 rings (SSSR count). The molecular weight excluding hydrogens is 250 g/mol. The average molecular weight is 262 g/mol. The van der Waals surface area contributed by atoms with Crippen LogP contribution in [-0.4, -0.2) is 23.7 Å². The molecule has 0 aliphatic rings. The highest BCUT2D eigenvalue weighted by atomic mass is 79.9. The van der Waals surface area contributed by atoms with Gasteiger partial charge in [0.05, 0.1) is 12.6 Å². The SMILES string of the molecule is CC[C@@H](CO)NC(=O)c1ccc(Br)o1. The number of carbonyl (C=O) groups is 1. The van der Waals surface area contributed by atoms with Crippen LogP contribution in [0.15, 0.2) is 21.2 Å². The smallest absolute Gasteiger partial charge is 0.287 e. The van der Waals surface area contributed by atoms with E-state index in [2.05, 4.69) is 21.2 Å². The van der Waals surface area contributed by atoms with Gasteiger partial charge in [0.2, 0.25) is 0 Å². The first-order chi connectivity index (χ1) is 6.67. The van der Waals surface area contributed by atoms with Crippen LogP contribution in [0.3, 0.4) is 0 Å². The molecule has 1 aromatic heterocycles. The van der Waals surface area contributed by atoms with E-state index in [1.54, 1.807) is 12.1 Å². The lowest BCUT2D eigenvalue weighted by Crippen LogP contribution is -2.36. The van der Waals surface area contributed by atoms with E-state index in [0.717, 1.165) is 0 Å². The molecule has 0 bridgehead atoms. The summed E-state index contributed by atoms with van der Waals surface area (Å²) in [5, 5.41) is 11.5. The largest absolute Gasteiger partial charge is 0.444 e. The second kappa shape index (κ2) is 5.17. The van der Waals surface area contributed by atoms with Gasteiger partial charge in [-0.25, -0.2) is 0 Å². The third-order valence-electron chi connectivity index (χ3n) is 1.85. The summed E-state index contributed by atoms with van der Waals surface area (Å²) in [6.07, 6.45) is 0.685. The van der Waals surface area contributed by atoms with Gasteiger partial charge in [-0.3, -0.25) is 4.79 Å². The second-order valence-electron chi connectivity index (χ2n) is 2.86. The predicted octanol–water partition coefficient (Wildman–Crippen LogP) is 1.54. The molecule has 5 heteroatoms. The molecule has 1 amide bonds. The Morgan fingerprint density at radius 3 is 2.86 bits per heavy atom. The van der Waals surface area contributed by atoms with Gasteiger partial charge in [0.15, 0.2) is 10.4 Å². The van der Waals surface area contributed by atoms with Crippen molar-refractivity contribution in [1.29, 1.82) is 0 Å². The Morgan fingerprint density at radius 1 is 1.71 bits per heavy atom. The minimum Gasteiger partial charge on any atom is -0.444 e. The van der Waals surface area contributed by atoms with Crippen LogP contribution in [0.1, 0.15) is 23.9 Å². The number of halogens is 1. The van der Waals surface area contributed by atoms with Crippen LogP contribution in [0, 0.1) is 0 Å². The van der Waals surface area contributed by atoms with Crippen LogP contribution >= 0.6 is 15.9 Å². The van der Waals surface area contributed by atoms with Crippen LogP contribution < -0.4 is 5.32 Å². The number of hydrogen-bond donors (Lipinski definition) is 2. The van der Waals surface area contributed by atoms with E-state index in [-0.39, 0.29) is 24.3 Å². The van der Waals surface area contributed by atoms with Gasteiger partial charge in [-0.05, 0) is 34.5 Å². The monoisotopic (exact) mass is 261 g/mol. The van der Waals surface area contributed by atoms with Gasteiger partial charge >= 0.3 is 0 Å². The zero-order chi connectivity index (χ0) is 10.6. The van der Waals surface area contributed by atoms with Gasteiger partial charge in [0.1, 0.15) is 0 Å².